The van der Waals surface area contributed by atoms with E-state index in [0.29, 0.717) is 17.2 Å². The lowest BCUT2D eigenvalue weighted by Gasteiger charge is -2.07. The molecule has 0 aromatic carbocycles. The molecule has 1 heterocycles. The number of hydrazine groups is 1. The molecule has 0 saturated heterocycles. The van der Waals surface area contributed by atoms with Crippen molar-refractivity contribution in [3.8, 4) is 0 Å². The van der Waals surface area contributed by atoms with Crippen LogP contribution in [0.5, 0.6) is 0 Å². The van der Waals surface area contributed by atoms with Gasteiger partial charge in [0.05, 0.1) is 0 Å². The van der Waals surface area contributed by atoms with Crippen molar-refractivity contribution >= 4 is 11.7 Å². The number of hydrogen-bond donors (Lipinski definition) is 3. The molecule has 6 heteroatoms. The topological polar surface area (TPSA) is 78.9 Å². The number of aryl methyl sites for hydroxylation is 1. The third kappa shape index (κ3) is 2.17. The van der Waals surface area contributed by atoms with Crippen LogP contribution in [0.15, 0.2) is 6.20 Å². The lowest BCUT2D eigenvalue weighted by molar-refractivity contribution is 0.0938. The van der Waals surface area contributed by atoms with E-state index < -0.39 is 0 Å². The zero-order valence-electron chi connectivity index (χ0n) is 8.38. The number of rotatable bonds is 3. The number of aromatic nitrogens is 2. The number of nitrogens with one attached hydrogen (secondary N) is 3. The minimum Gasteiger partial charge on any atom is -0.372 e. The largest absolute Gasteiger partial charge is 0.372 e. The Bertz CT molecular complexity index is 339. The molecule has 76 valence electrons. The number of anilines is 1. The van der Waals surface area contributed by atoms with Gasteiger partial charge in [-0.25, -0.2) is 15.4 Å². The first-order valence-electron chi connectivity index (χ1n) is 4.17. The van der Waals surface area contributed by atoms with Gasteiger partial charge in [-0.2, -0.15) is 0 Å². The van der Waals surface area contributed by atoms with Gasteiger partial charge in [0.25, 0.3) is 5.91 Å². The van der Waals surface area contributed by atoms with Gasteiger partial charge in [-0.1, -0.05) is 0 Å². The molecule has 3 N–H and O–H groups in total. The minimum absolute atomic E-state index is 0.267. The number of amides is 1. The molecule has 0 unspecified atom stereocenters. The summed E-state index contributed by atoms with van der Waals surface area (Å²) in [7, 11) is 3.32. The van der Waals surface area contributed by atoms with Gasteiger partial charge in [-0.05, 0) is 6.92 Å². The molecular formula is C8H13N5O. The van der Waals surface area contributed by atoms with E-state index in [2.05, 4.69) is 26.1 Å². The Hall–Kier alpha value is -1.69. The highest BCUT2D eigenvalue weighted by Gasteiger charge is 2.11. The first kappa shape index (κ1) is 10.4. The maximum Gasteiger partial charge on any atom is 0.270 e. The molecule has 1 aromatic rings. The van der Waals surface area contributed by atoms with Gasteiger partial charge in [0.1, 0.15) is 17.2 Å². The first-order chi connectivity index (χ1) is 6.69. The zero-order chi connectivity index (χ0) is 10.6. The molecule has 6 nitrogen and oxygen atoms in total. The fourth-order valence-electron chi connectivity index (χ4n) is 1.01. The third-order valence-electron chi connectivity index (χ3n) is 1.63. The standard InChI is InChI=1S/C8H13N5O/c1-5-11-4-6(7(9-2)12-5)8(14)13-10-3/h4,10H,1-3H3,(H,13,14)(H,9,11,12). The van der Waals surface area contributed by atoms with Crippen LogP contribution >= 0.6 is 0 Å². The number of hydrogen-bond acceptors (Lipinski definition) is 5. The average molecular weight is 195 g/mol. The second kappa shape index (κ2) is 4.52. The lowest BCUT2D eigenvalue weighted by Crippen LogP contribution is -2.34. The van der Waals surface area contributed by atoms with Crippen LogP contribution in [-0.4, -0.2) is 30.0 Å². The van der Waals surface area contributed by atoms with Crippen LogP contribution < -0.4 is 16.2 Å². The number of nitrogens with zero attached hydrogens (tertiary/aromatic N) is 2. The van der Waals surface area contributed by atoms with E-state index in [9.17, 15) is 4.79 Å². The summed E-state index contributed by atoms with van der Waals surface area (Å²) in [6.45, 7) is 1.76. The number of carbonyl (C=O) groups excluding carboxylic acids is 1. The normalized spacial score (nSPS) is 9.64. The monoisotopic (exact) mass is 195 g/mol. The molecule has 0 atom stereocenters. The van der Waals surface area contributed by atoms with Gasteiger partial charge in [0.2, 0.25) is 0 Å². The van der Waals surface area contributed by atoms with Gasteiger partial charge in [0.15, 0.2) is 0 Å². The second-order valence-corrected chi connectivity index (χ2v) is 2.63. The van der Waals surface area contributed by atoms with Gasteiger partial charge in [0, 0.05) is 20.3 Å². The smallest absolute Gasteiger partial charge is 0.270 e. The zero-order valence-corrected chi connectivity index (χ0v) is 8.38. The predicted octanol–water partition coefficient (Wildman–Crippen LogP) is -0.309. The van der Waals surface area contributed by atoms with E-state index >= 15 is 0 Å². The van der Waals surface area contributed by atoms with E-state index in [1.165, 1.54) is 6.20 Å². The van der Waals surface area contributed by atoms with Crippen molar-refractivity contribution in [2.45, 2.75) is 6.92 Å². The van der Waals surface area contributed by atoms with Crippen LogP contribution in [0, 0.1) is 6.92 Å². The molecule has 0 aliphatic heterocycles. The fraction of sp³-hybridized carbons (Fsp3) is 0.375. The molecular weight excluding hydrogens is 182 g/mol. The summed E-state index contributed by atoms with van der Waals surface area (Å²) >= 11 is 0. The van der Waals surface area contributed by atoms with Crippen molar-refractivity contribution < 1.29 is 4.79 Å². The van der Waals surface area contributed by atoms with Crippen molar-refractivity contribution in [1.82, 2.24) is 20.8 Å². The van der Waals surface area contributed by atoms with Crippen molar-refractivity contribution in [2.24, 2.45) is 0 Å². The van der Waals surface area contributed by atoms with Crippen molar-refractivity contribution in [1.29, 1.82) is 0 Å². The van der Waals surface area contributed by atoms with Gasteiger partial charge < -0.3 is 5.32 Å². The van der Waals surface area contributed by atoms with E-state index in [-0.39, 0.29) is 5.91 Å². The SMILES string of the molecule is CNNC(=O)c1cnc(C)nc1NC. The summed E-state index contributed by atoms with van der Waals surface area (Å²) in [5.74, 6) is 0.873. The van der Waals surface area contributed by atoms with Crippen LogP contribution in [0.1, 0.15) is 16.2 Å². The van der Waals surface area contributed by atoms with Crippen LogP contribution in [0.2, 0.25) is 0 Å². The molecule has 0 spiro atoms. The van der Waals surface area contributed by atoms with E-state index in [1.54, 1.807) is 21.0 Å². The summed E-state index contributed by atoms with van der Waals surface area (Å²) in [6, 6.07) is 0. The van der Waals surface area contributed by atoms with Gasteiger partial charge in [-0.3, -0.25) is 10.2 Å². The van der Waals surface area contributed by atoms with E-state index in [0.717, 1.165) is 0 Å². The highest BCUT2D eigenvalue weighted by molar-refractivity contribution is 5.98. The molecule has 0 bridgehead atoms. The Morgan fingerprint density at radius 1 is 1.43 bits per heavy atom. The summed E-state index contributed by atoms with van der Waals surface area (Å²) < 4.78 is 0. The van der Waals surface area contributed by atoms with E-state index in [4.69, 9.17) is 0 Å². The number of carbonyl (C=O) groups is 1. The average Bonchev–Trinajstić information content (AvgIpc) is 2.17. The molecule has 1 amide bonds. The fourth-order valence-corrected chi connectivity index (χ4v) is 1.01. The Labute approximate surface area is 82.1 Å². The molecule has 14 heavy (non-hydrogen) atoms. The molecule has 0 aliphatic carbocycles. The lowest BCUT2D eigenvalue weighted by atomic mass is 10.3. The summed E-state index contributed by atoms with van der Waals surface area (Å²) in [4.78, 5) is 19.5. The summed E-state index contributed by atoms with van der Waals surface area (Å²) in [5.41, 5.74) is 5.41. The third-order valence-corrected chi connectivity index (χ3v) is 1.63. The summed E-state index contributed by atoms with van der Waals surface area (Å²) in [5, 5.41) is 2.84. The minimum atomic E-state index is -0.267. The maximum absolute atomic E-state index is 11.4. The first-order valence-corrected chi connectivity index (χ1v) is 4.17. The van der Waals surface area contributed by atoms with E-state index in [1.807, 2.05) is 0 Å². The quantitative estimate of drug-likeness (QED) is 0.577. The van der Waals surface area contributed by atoms with Crippen LogP contribution in [0.4, 0.5) is 5.82 Å². The van der Waals surface area contributed by atoms with Gasteiger partial charge >= 0.3 is 0 Å². The van der Waals surface area contributed by atoms with Crippen LogP contribution in [0.25, 0.3) is 0 Å². The molecule has 0 radical (unpaired) electrons. The molecule has 0 aliphatic rings. The van der Waals surface area contributed by atoms with Gasteiger partial charge in [-0.15, -0.1) is 0 Å². The van der Waals surface area contributed by atoms with Crippen LogP contribution in [0.3, 0.4) is 0 Å². The Balaban J connectivity index is 3.01. The maximum atomic E-state index is 11.4. The molecule has 1 aromatic heterocycles. The molecule has 1 rings (SSSR count). The van der Waals surface area contributed by atoms with Crippen molar-refractivity contribution in [2.75, 3.05) is 19.4 Å². The predicted molar refractivity (Wildman–Crippen MR) is 52.8 cm³/mol. The Morgan fingerprint density at radius 3 is 2.71 bits per heavy atom. The molecule has 0 saturated carbocycles. The Morgan fingerprint density at radius 2 is 2.14 bits per heavy atom. The molecule has 0 fully saturated rings. The second-order valence-electron chi connectivity index (χ2n) is 2.63. The highest BCUT2D eigenvalue weighted by Crippen LogP contribution is 2.09. The van der Waals surface area contributed by atoms with Crippen molar-refractivity contribution in [3.63, 3.8) is 0 Å². The summed E-state index contributed by atoms with van der Waals surface area (Å²) in [6.07, 6.45) is 1.49. The van der Waals surface area contributed by atoms with Crippen LogP contribution in [-0.2, 0) is 0 Å². The van der Waals surface area contributed by atoms with Crippen molar-refractivity contribution in [3.05, 3.63) is 17.6 Å². The Kier molecular flexibility index (Phi) is 3.35. The highest BCUT2D eigenvalue weighted by atomic mass is 16.2.